The maximum absolute atomic E-state index is 13.1. The summed E-state index contributed by atoms with van der Waals surface area (Å²) in [5, 5.41) is 0. The average molecular weight is 242 g/mol. The van der Waals surface area contributed by atoms with Crippen LogP contribution in [-0.4, -0.2) is 13.0 Å². The number of alkyl halides is 2. The molecule has 0 fully saturated rings. The molecule has 2 nitrogen and oxygen atoms in total. The van der Waals surface area contributed by atoms with Gasteiger partial charge in [0.05, 0.1) is 11.8 Å². The Morgan fingerprint density at radius 2 is 2.06 bits per heavy atom. The van der Waals surface area contributed by atoms with Crippen LogP contribution < -0.4 is 4.74 Å². The van der Waals surface area contributed by atoms with Gasteiger partial charge in [0, 0.05) is 0 Å². The van der Waals surface area contributed by atoms with Gasteiger partial charge in [-0.3, -0.25) is 0 Å². The van der Waals surface area contributed by atoms with Gasteiger partial charge in [0.25, 0.3) is 6.43 Å². The highest BCUT2D eigenvalue weighted by Crippen LogP contribution is 2.31. The Kier molecular flexibility index (Phi) is 3.37. The molecule has 1 aromatic heterocycles. The summed E-state index contributed by atoms with van der Waals surface area (Å²) in [4.78, 5) is 0. The summed E-state index contributed by atoms with van der Waals surface area (Å²) in [5.41, 5.74) is 0.315. The van der Waals surface area contributed by atoms with E-state index >= 15 is 0 Å². The monoisotopic (exact) mass is 242 g/mol. The summed E-state index contributed by atoms with van der Waals surface area (Å²) in [5.74, 6) is 0.0520. The standard InChI is InChI=1S/C12H9F3O2/c13-8-3-4-11(17-7-12(14)15)9(6-8)10-2-1-5-16-10/h1-6,12H,7H2. The molecule has 5 heteroatoms. The van der Waals surface area contributed by atoms with Crippen LogP contribution in [-0.2, 0) is 0 Å². The molecule has 0 bridgehead atoms. The average Bonchev–Trinajstić information content (AvgIpc) is 2.80. The molecule has 0 atom stereocenters. The molecule has 0 aliphatic rings. The van der Waals surface area contributed by atoms with E-state index in [9.17, 15) is 13.2 Å². The first kappa shape index (κ1) is 11.6. The molecule has 0 aliphatic heterocycles. The highest BCUT2D eigenvalue weighted by molar-refractivity contribution is 5.65. The van der Waals surface area contributed by atoms with Crippen LogP contribution in [0.1, 0.15) is 0 Å². The van der Waals surface area contributed by atoms with Crippen molar-refractivity contribution in [2.24, 2.45) is 0 Å². The second-order valence-corrected chi connectivity index (χ2v) is 3.32. The minimum absolute atomic E-state index is 0.168. The van der Waals surface area contributed by atoms with Crippen molar-refractivity contribution >= 4 is 0 Å². The third-order valence-corrected chi connectivity index (χ3v) is 2.09. The molecule has 0 spiro atoms. The van der Waals surface area contributed by atoms with Crippen LogP contribution in [0.15, 0.2) is 41.0 Å². The van der Waals surface area contributed by atoms with Crippen LogP contribution in [0.2, 0.25) is 0 Å². The molecule has 2 aromatic rings. The largest absolute Gasteiger partial charge is 0.487 e. The second kappa shape index (κ2) is 4.95. The SMILES string of the molecule is Fc1ccc(OCC(F)F)c(-c2ccco2)c1. The van der Waals surface area contributed by atoms with Gasteiger partial charge in [-0.05, 0) is 30.3 Å². The molecule has 0 N–H and O–H groups in total. The summed E-state index contributed by atoms with van der Waals surface area (Å²) in [7, 11) is 0. The van der Waals surface area contributed by atoms with E-state index in [-0.39, 0.29) is 5.75 Å². The summed E-state index contributed by atoms with van der Waals surface area (Å²) < 4.78 is 47.2. The lowest BCUT2D eigenvalue weighted by Crippen LogP contribution is -2.07. The van der Waals surface area contributed by atoms with Crippen molar-refractivity contribution in [3.63, 3.8) is 0 Å². The molecular formula is C12H9F3O2. The van der Waals surface area contributed by atoms with Crippen LogP contribution in [0.4, 0.5) is 13.2 Å². The van der Waals surface area contributed by atoms with Crippen LogP contribution in [0.5, 0.6) is 5.75 Å². The zero-order valence-corrected chi connectivity index (χ0v) is 8.70. The predicted molar refractivity (Wildman–Crippen MR) is 55.6 cm³/mol. The van der Waals surface area contributed by atoms with E-state index in [0.717, 1.165) is 6.07 Å². The number of furan rings is 1. The molecule has 0 aliphatic carbocycles. The van der Waals surface area contributed by atoms with Gasteiger partial charge in [-0.25, -0.2) is 13.2 Å². The van der Waals surface area contributed by atoms with Crippen molar-refractivity contribution in [2.45, 2.75) is 6.43 Å². The van der Waals surface area contributed by atoms with Crippen LogP contribution >= 0.6 is 0 Å². The van der Waals surface area contributed by atoms with Crippen molar-refractivity contribution in [3.05, 3.63) is 42.4 Å². The number of rotatable bonds is 4. The fraction of sp³-hybridized carbons (Fsp3) is 0.167. The molecule has 1 aromatic carbocycles. The van der Waals surface area contributed by atoms with E-state index < -0.39 is 18.8 Å². The fourth-order valence-corrected chi connectivity index (χ4v) is 1.41. The molecule has 0 radical (unpaired) electrons. The fourth-order valence-electron chi connectivity index (χ4n) is 1.41. The molecule has 0 saturated heterocycles. The number of ether oxygens (including phenoxy) is 1. The Bertz CT molecular complexity index is 481. The van der Waals surface area contributed by atoms with Gasteiger partial charge in [0.1, 0.15) is 23.9 Å². The van der Waals surface area contributed by atoms with E-state index in [1.807, 2.05) is 0 Å². The zero-order chi connectivity index (χ0) is 12.3. The van der Waals surface area contributed by atoms with E-state index in [1.165, 1.54) is 18.4 Å². The first-order valence-electron chi connectivity index (χ1n) is 4.91. The lowest BCUT2D eigenvalue weighted by atomic mass is 10.1. The van der Waals surface area contributed by atoms with Crippen molar-refractivity contribution in [1.29, 1.82) is 0 Å². The van der Waals surface area contributed by atoms with Gasteiger partial charge in [0.2, 0.25) is 0 Å². The highest BCUT2D eigenvalue weighted by atomic mass is 19.3. The van der Waals surface area contributed by atoms with Crippen LogP contribution in [0.25, 0.3) is 11.3 Å². The van der Waals surface area contributed by atoms with Crippen molar-refractivity contribution in [1.82, 2.24) is 0 Å². The van der Waals surface area contributed by atoms with Gasteiger partial charge in [0.15, 0.2) is 0 Å². The number of benzene rings is 1. The van der Waals surface area contributed by atoms with Crippen molar-refractivity contribution in [2.75, 3.05) is 6.61 Å². The number of hydrogen-bond donors (Lipinski definition) is 0. The molecule has 17 heavy (non-hydrogen) atoms. The maximum atomic E-state index is 13.1. The smallest absolute Gasteiger partial charge is 0.272 e. The molecule has 90 valence electrons. The zero-order valence-electron chi connectivity index (χ0n) is 8.70. The quantitative estimate of drug-likeness (QED) is 0.815. The minimum atomic E-state index is -2.58. The highest BCUT2D eigenvalue weighted by Gasteiger charge is 2.12. The topological polar surface area (TPSA) is 22.4 Å². The molecule has 0 saturated carbocycles. The number of halogens is 3. The van der Waals surface area contributed by atoms with Crippen LogP contribution in [0, 0.1) is 5.82 Å². The Labute approximate surface area is 95.6 Å². The first-order valence-corrected chi connectivity index (χ1v) is 4.91. The Morgan fingerprint density at radius 3 is 2.71 bits per heavy atom. The Hall–Kier alpha value is -1.91. The first-order chi connectivity index (χ1) is 8.16. The van der Waals surface area contributed by atoms with E-state index in [4.69, 9.17) is 9.15 Å². The predicted octanol–water partition coefficient (Wildman–Crippen LogP) is 3.73. The lowest BCUT2D eigenvalue weighted by molar-refractivity contribution is 0.0821. The Balaban J connectivity index is 2.31. The molecule has 1 heterocycles. The summed E-state index contributed by atoms with van der Waals surface area (Å²) in [6.45, 7) is -0.737. The van der Waals surface area contributed by atoms with Gasteiger partial charge < -0.3 is 9.15 Å². The normalized spacial score (nSPS) is 10.8. The third kappa shape index (κ3) is 2.81. The number of hydrogen-bond acceptors (Lipinski definition) is 2. The molecule has 0 amide bonds. The summed E-state index contributed by atoms with van der Waals surface area (Å²) in [6, 6.07) is 6.85. The van der Waals surface area contributed by atoms with Gasteiger partial charge >= 0.3 is 0 Å². The summed E-state index contributed by atoms with van der Waals surface area (Å²) in [6.07, 6.45) is -1.17. The molecular weight excluding hydrogens is 233 g/mol. The minimum Gasteiger partial charge on any atom is -0.487 e. The molecule has 2 rings (SSSR count). The van der Waals surface area contributed by atoms with Gasteiger partial charge in [-0.1, -0.05) is 0 Å². The Morgan fingerprint density at radius 1 is 1.24 bits per heavy atom. The second-order valence-electron chi connectivity index (χ2n) is 3.32. The van der Waals surface area contributed by atoms with Crippen molar-refractivity contribution in [3.8, 4) is 17.1 Å². The van der Waals surface area contributed by atoms with E-state index in [1.54, 1.807) is 12.1 Å². The van der Waals surface area contributed by atoms with E-state index in [0.29, 0.717) is 11.3 Å². The van der Waals surface area contributed by atoms with Gasteiger partial charge in [-0.2, -0.15) is 0 Å². The van der Waals surface area contributed by atoms with Gasteiger partial charge in [-0.15, -0.1) is 0 Å². The lowest BCUT2D eigenvalue weighted by Gasteiger charge is -2.09. The van der Waals surface area contributed by atoms with Crippen LogP contribution in [0.3, 0.4) is 0 Å². The molecule has 0 unspecified atom stereocenters. The third-order valence-electron chi connectivity index (χ3n) is 2.09. The van der Waals surface area contributed by atoms with Crippen molar-refractivity contribution < 1.29 is 22.3 Å². The van der Waals surface area contributed by atoms with E-state index in [2.05, 4.69) is 0 Å². The summed E-state index contributed by atoms with van der Waals surface area (Å²) >= 11 is 0. The maximum Gasteiger partial charge on any atom is 0.272 e.